The van der Waals surface area contributed by atoms with E-state index >= 15 is 0 Å². The SMILES string of the molecule is COc1ccc2cc(NC(C)=O)c(OC)cc2c1. The molecular formula is C14H15NO3. The van der Waals surface area contributed by atoms with Gasteiger partial charge in [0.1, 0.15) is 11.5 Å². The van der Waals surface area contributed by atoms with Crippen molar-refractivity contribution in [1.82, 2.24) is 0 Å². The molecule has 0 radical (unpaired) electrons. The molecule has 0 aliphatic heterocycles. The van der Waals surface area contributed by atoms with E-state index in [1.54, 1.807) is 14.2 Å². The summed E-state index contributed by atoms with van der Waals surface area (Å²) < 4.78 is 10.5. The molecule has 1 amide bonds. The fourth-order valence-corrected chi connectivity index (χ4v) is 1.84. The van der Waals surface area contributed by atoms with Crippen LogP contribution >= 0.6 is 0 Å². The summed E-state index contributed by atoms with van der Waals surface area (Å²) in [7, 11) is 3.21. The van der Waals surface area contributed by atoms with Crippen molar-refractivity contribution in [3.05, 3.63) is 30.3 Å². The number of rotatable bonds is 3. The van der Waals surface area contributed by atoms with Gasteiger partial charge in [-0.25, -0.2) is 0 Å². The third-order valence-corrected chi connectivity index (χ3v) is 2.68. The summed E-state index contributed by atoms with van der Waals surface area (Å²) in [6.45, 7) is 1.47. The Morgan fingerprint density at radius 1 is 1.06 bits per heavy atom. The Balaban J connectivity index is 2.56. The van der Waals surface area contributed by atoms with Gasteiger partial charge in [-0.05, 0) is 35.0 Å². The van der Waals surface area contributed by atoms with Crippen LogP contribution in [0.4, 0.5) is 5.69 Å². The Bertz CT molecular complexity index is 593. The second-order valence-corrected chi connectivity index (χ2v) is 3.95. The van der Waals surface area contributed by atoms with E-state index in [0.717, 1.165) is 16.5 Å². The van der Waals surface area contributed by atoms with Gasteiger partial charge in [0, 0.05) is 6.92 Å². The Kier molecular flexibility index (Phi) is 3.37. The molecule has 0 aromatic heterocycles. The van der Waals surface area contributed by atoms with Crippen LogP contribution in [0, 0.1) is 0 Å². The summed E-state index contributed by atoms with van der Waals surface area (Å²) in [6.07, 6.45) is 0. The zero-order valence-electron chi connectivity index (χ0n) is 10.6. The maximum Gasteiger partial charge on any atom is 0.221 e. The first-order valence-electron chi connectivity index (χ1n) is 5.57. The third kappa shape index (κ3) is 2.37. The molecule has 0 heterocycles. The molecule has 94 valence electrons. The second-order valence-electron chi connectivity index (χ2n) is 3.95. The molecular weight excluding hydrogens is 230 g/mol. The van der Waals surface area contributed by atoms with Crippen molar-refractivity contribution in [3.8, 4) is 11.5 Å². The van der Waals surface area contributed by atoms with Gasteiger partial charge in [-0.2, -0.15) is 0 Å². The van der Waals surface area contributed by atoms with Crippen LogP contribution in [0.25, 0.3) is 10.8 Å². The van der Waals surface area contributed by atoms with E-state index < -0.39 is 0 Å². The van der Waals surface area contributed by atoms with Crippen LogP contribution in [0.5, 0.6) is 11.5 Å². The standard InChI is InChI=1S/C14H15NO3/c1-9(16)15-13-7-10-4-5-12(17-2)6-11(10)8-14(13)18-3/h4-8H,1-3H3,(H,15,16). The van der Waals surface area contributed by atoms with Gasteiger partial charge in [0.2, 0.25) is 5.91 Å². The van der Waals surface area contributed by atoms with Crippen molar-refractivity contribution in [2.45, 2.75) is 6.92 Å². The van der Waals surface area contributed by atoms with Crippen molar-refractivity contribution in [1.29, 1.82) is 0 Å². The van der Waals surface area contributed by atoms with E-state index in [2.05, 4.69) is 5.32 Å². The minimum absolute atomic E-state index is 0.124. The van der Waals surface area contributed by atoms with Crippen LogP contribution in [0.15, 0.2) is 30.3 Å². The number of hydrogen-bond donors (Lipinski definition) is 1. The Morgan fingerprint density at radius 2 is 1.83 bits per heavy atom. The number of benzene rings is 2. The summed E-state index contributed by atoms with van der Waals surface area (Å²) in [4.78, 5) is 11.1. The molecule has 0 aliphatic carbocycles. The molecule has 18 heavy (non-hydrogen) atoms. The minimum atomic E-state index is -0.124. The quantitative estimate of drug-likeness (QED) is 0.904. The number of nitrogens with one attached hydrogen (secondary N) is 1. The predicted molar refractivity (Wildman–Crippen MR) is 71.4 cm³/mol. The molecule has 0 spiro atoms. The van der Waals surface area contributed by atoms with Gasteiger partial charge in [-0.15, -0.1) is 0 Å². The third-order valence-electron chi connectivity index (χ3n) is 2.68. The monoisotopic (exact) mass is 245 g/mol. The summed E-state index contributed by atoms with van der Waals surface area (Å²) in [5.74, 6) is 1.30. The van der Waals surface area contributed by atoms with E-state index in [1.807, 2.05) is 30.3 Å². The molecule has 0 bridgehead atoms. The number of hydrogen-bond acceptors (Lipinski definition) is 3. The summed E-state index contributed by atoms with van der Waals surface area (Å²) in [6, 6.07) is 9.51. The zero-order chi connectivity index (χ0) is 13.1. The lowest BCUT2D eigenvalue weighted by molar-refractivity contribution is -0.114. The summed E-state index contributed by atoms with van der Waals surface area (Å²) >= 11 is 0. The first kappa shape index (κ1) is 12.2. The van der Waals surface area contributed by atoms with Gasteiger partial charge in [0.15, 0.2) is 0 Å². The number of methoxy groups -OCH3 is 2. The van der Waals surface area contributed by atoms with Crippen LogP contribution < -0.4 is 14.8 Å². The lowest BCUT2D eigenvalue weighted by atomic mass is 10.1. The van der Waals surface area contributed by atoms with Crippen LogP contribution in [0.2, 0.25) is 0 Å². The van der Waals surface area contributed by atoms with Crippen molar-refractivity contribution in [3.63, 3.8) is 0 Å². The number of fused-ring (bicyclic) bond motifs is 1. The van der Waals surface area contributed by atoms with Crippen LogP contribution in [-0.2, 0) is 4.79 Å². The molecule has 2 aromatic carbocycles. The molecule has 2 rings (SSSR count). The van der Waals surface area contributed by atoms with Crippen molar-refractivity contribution in [2.75, 3.05) is 19.5 Å². The normalized spacial score (nSPS) is 10.2. The Hall–Kier alpha value is -2.23. The van der Waals surface area contributed by atoms with Gasteiger partial charge < -0.3 is 14.8 Å². The van der Waals surface area contributed by atoms with Gasteiger partial charge in [-0.1, -0.05) is 6.07 Å². The van der Waals surface area contributed by atoms with E-state index in [4.69, 9.17) is 9.47 Å². The lowest BCUT2D eigenvalue weighted by Gasteiger charge is -2.11. The molecule has 0 aliphatic rings. The van der Waals surface area contributed by atoms with Gasteiger partial charge in [-0.3, -0.25) is 4.79 Å². The number of ether oxygens (including phenoxy) is 2. The first-order chi connectivity index (χ1) is 8.63. The number of amides is 1. The van der Waals surface area contributed by atoms with Gasteiger partial charge in [0.25, 0.3) is 0 Å². The molecule has 0 saturated heterocycles. The first-order valence-corrected chi connectivity index (χ1v) is 5.57. The molecule has 0 fully saturated rings. The predicted octanol–water partition coefficient (Wildman–Crippen LogP) is 2.82. The number of carbonyl (C=O) groups is 1. The maximum atomic E-state index is 11.1. The fourth-order valence-electron chi connectivity index (χ4n) is 1.84. The molecule has 4 heteroatoms. The molecule has 1 N–H and O–H groups in total. The molecule has 0 saturated carbocycles. The van der Waals surface area contributed by atoms with E-state index in [9.17, 15) is 4.79 Å². The lowest BCUT2D eigenvalue weighted by Crippen LogP contribution is -2.07. The van der Waals surface area contributed by atoms with Crippen molar-refractivity contribution in [2.24, 2.45) is 0 Å². The molecule has 2 aromatic rings. The van der Waals surface area contributed by atoms with Gasteiger partial charge in [0.05, 0.1) is 19.9 Å². The summed E-state index contributed by atoms with van der Waals surface area (Å²) in [5, 5.41) is 4.76. The van der Waals surface area contributed by atoms with E-state index in [0.29, 0.717) is 11.4 Å². The van der Waals surface area contributed by atoms with Crippen LogP contribution in [-0.4, -0.2) is 20.1 Å². The highest BCUT2D eigenvalue weighted by Gasteiger charge is 2.07. The average molecular weight is 245 g/mol. The minimum Gasteiger partial charge on any atom is -0.497 e. The van der Waals surface area contributed by atoms with Crippen LogP contribution in [0.1, 0.15) is 6.92 Å². The van der Waals surface area contributed by atoms with Crippen LogP contribution in [0.3, 0.4) is 0 Å². The second kappa shape index (κ2) is 4.96. The molecule has 0 atom stereocenters. The highest BCUT2D eigenvalue weighted by Crippen LogP contribution is 2.32. The zero-order valence-corrected chi connectivity index (χ0v) is 10.6. The summed E-state index contributed by atoms with van der Waals surface area (Å²) in [5.41, 5.74) is 0.669. The largest absolute Gasteiger partial charge is 0.497 e. The highest BCUT2D eigenvalue weighted by molar-refractivity contribution is 5.96. The molecule has 0 unspecified atom stereocenters. The Morgan fingerprint density at radius 3 is 2.44 bits per heavy atom. The highest BCUT2D eigenvalue weighted by atomic mass is 16.5. The van der Waals surface area contributed by atoms with Gasteiger partial charge >= 0.3 is 0 Å². The number of carbonyl (C=O) groups excluding carboxylic acids is 1. The number of anilines is 1. The topological polar surface area (TPSA) is 47.6 Å². The molecule has 4 nitrogen and oxygen atoms in total. The van der Waals surface area contributed by atoms with E-state index in [1.165, 1.54) is 6.92 Å². The van der Waals surface area contributed by atoms with Crippen molar-refractivity contribution >= 4 is 22.4 Å². The smallest absolute Gasteiger partial charge is 0.221 e. The maximum absolute atomic E-state index is 11.1. The average Bonchev–Trinajstić information content (AvgIpc) is 2.36. The van der Waals surface area contributed by atoms with E-state index in [-0.39, 0.29) is 5.91 Å². The Labute approximate surface area is 106 Å². The van der Waals surface area contributed by atoms with Crippen molar-refractivity contribution < 1.29 is 14.3 Å². The fraction of sp³-hybridized carbons (Fsp3) is 0.214.